The van der Waals surface area contributed by atoms with Crippen LogP contribution in [0.25, 0.3) is 0 Å². The zero-order valence-corrected chi connectivity index (χ0v) is 19.0. The van der Waals surface area contributed by atoms with Crippen LogP contribution in [0.15, 0.2) is 77.7 Å². The third-order valence-electron chi connectivity index (χ3n) is 5.67. The molecule has 0 saturated carbocycles. The highest BCUT2D eigenvalue weighted by atomic mass is 32.2. The van der Waals surface area contributed by atoms with Crippen molar-refractivity contribution in [3.8, 4) is 11.5 Å². The van der Waals surface area contributed by atoms with Gasteiger partial charge < -0.3 is 10.1 Å². The average molecular weight is 469 g/mol. The quantitative estimate of drug-likeness (QED) is 0.555. The summed E-state index contributed by atoms with van der Waals surface area (Å²) in [4.78, 5) is 12.6. The lowest BCUT2D eigenvalue weighted by molar-refractivity contribution is -0.120. The van der Waals surface area contributed by atoms with Gasteiger partial charge in [-0.1, -0.05) is 42.0 Å². The molecule has 1 heterocycles. The number of hydrogen-bond donors (Lipinski definition) is 1. The average Bonchev–Trinajstić information content (AvgIpc) is 2.82. The van der Waals surface area contributed by atoms with Crippen LogP contribution in [0.4, 0.5) is 10.1 Å². The molecule has 0 spiro atoms. The smallest absolute Gasteiger partial charge is 0.245 e. The van der Waals surface area contributed by atoms with E-state index in [1.165, 1.54) is 22.5 Å². The van der Waals surface area contributed by atoms with Crippen molar-refractivity contribution in [1.29, 1.82) is 0 Å². The first-order valence-corrected chi connectivity index (χ1v) is 12.2. The maximum absolute atomic E-state index is 14.0. The summed E-state index contributed by atoms with van der Waals surface area (Å²) in [6, 6.07) is 20.1. The number of anilines is 1. The highest BCUT2D eigenvalue weighted by Gasteiger charge is 2.33. The summed E-state index contributed by atoms with van der Waals surface area (Å²) in [5.74, 6) is -0.145. The van der Waals surface area contributed by atoms with Gasteiger partial charge in [-0.2, -0.15) is 4.31 Å². The number of carbonyl (C=O) groups is 1. The molecule has 0 aliphatic carbocycles. The minimum absolute atomic E-state index is 0.149. The number of piperidine rings is 1. The first-order chi connectivity index (χ1) is 15.8. The van der Waals surface area contributed by atoms with Gasteiger partial charge >= 0.3 is 0 Å². The molecule has 4 rings (SSSR count). The van der Waals surface area contributed by atoms with Crippen LogP contribution in [0.2, 0.25) is 0 Å². The Morgan fingerprint density at radius 1 is 0.970 bits per heavy atom. The fourth-order valence-corrected chi connectivity index (χ4v) is 5.31. The lowest BCUT2D eigenvalue weighted by atomic mass is 9.97. The fraction of sp³-hybridized carbons (Fsp3) is 0.240. The van der Waals surface area contributed by atoms with Crippen molar-refractivity contribution in [1.82, 2.24) is 4.31 Å². The molecule has 33 heavy (non-hydrogen) atoms. The van der Waals surface area contributed by atoms with Crippen molar-refractivity contribution in [3.05, 3.63) is 84.2 Å². The van der Waals surface area contributed by atoms with E-state index in [4.69, 9.17) is 4.74 Å². The molecule has 0 aromatic heterocycles. The fourth-order valence-electron chi connectivity index (χ4n) is 3.78. The Balaban J connectivity index is 1.40. The van der Waals surface area contributed by atoms with Gasteiger partial charge in [-0.25, -0.2) is 12.8 Å². The van der Waals surface area contributed by atoms with Crippen LogP contribution in [0.1, 0.15) is 18.4 Å². The van der Waals surface area contributed by atoms with Crippen molar-refractivity contribution in [2.45, 2.75) is 24.7 Å². The van der Waals surface area contributed by atoms with Gasteiger partial charge in [-0.3, -0.25) is 4.79 Å². The standard InChI is InChI=1S/C25H25FN2O4S/c1-18-10-12-20(13-11-18)32-23-8-4-3-7-22(23)27-25(29)19-14-16-28(17-15-19)33(30,31)24-9-5-2-6-21(24)26/h2-13,19H,14-17H2,1H3,(H,27,29). The van der Waals surface area contributed by atoms with Gasteiger partial charge in [0.05, 0.1) is 5.69 Å². The summed E-state index contributed by atoms with van der Waals surface area (Å²) in [6.45, 7) is 2.29. The zero-order valence-electron chi connectivity index (χ0n) is 18.2. The molecule has 1 saturated heterocycles. The SMILES string of the molecule is Cc1ccc(Oc2ccccc2NC(=O)C2CCN(S(=O)(=O)c3ccccc3F)CC2)cc1. The molecule has 172 valence electrons. The Morgan fingerprint density at radius 3 is 2.30 bits per heavy atom. The van der Waals surface area contributed by atoms with Crippen molar-refractivity contribution in [3.63, 3.8) is 0 Å². The van der Waals surface area contributed by atoms with E-state index in [1.54, 1.807) is 18.2 Å². The zero-order chi connectivity index (χ0) is 23.4. The summed E-state index contributed by atoms with van der Waals surface area (Å²) in [7, 11) is -3.94. The highest BCUT2D eigenvalue weighted by Crippen LogP contribution is 2.31. The number of rotatable bonds is 6. The molecule has 1 amide bonds. The third kappa shape index (κ3) is 5.23. The van der Waals surface area contributed by atoms with Crippen LogP contribution in [-0.2, 0) is 14.8 Å². The predicted molar refractivity (Wildman–Crippen MR) is 124 cm³/mol. The van der Waals surface area contributed by atoms with Gasteiger partial charge in [-0.05, 0) is 56.2 Å². The molecule has 3 aromatic rings. The Labute approximate surface area is 193 Å². The summed E-state index contributed by atoms with van der Waals surface area (Å²) >= 11 is 0. The number of amides is 1. The topological polar surface area (TPSA) is 75.7 Å². The van der Waals surface area contributed by atoms with E-state index >= 15 is 0 Å². The number of benzene rings is 3. The molecule has 0 unspecified atom stereocenters. The lowest BCUT2D eigenvalue weighted by Gasteiger charge is -2.30. The summed E-state index contributed by atoms with van der Waals surface area (Å²) in [5, 5.41) is 2.91. The second kappa shape index (κ2) is 9.72. The molecule has 6 nitrogen and oxygen atoms in total. The Hall–Kier alpha value is -3.23. The number of nitrogens with zero attached hydrogens (tertiary/aromatic N) is 1. The molecule has 1 N–H and O–H groups in total. The number of sulfonamides is 1. The highest BCUT2D eigenvalue weighted by molar-refractivity contribution is 7.89. The van der Waals surface area contributed by atoms with Gasteiger partial charge in [0.1, 0.15) is 16.5 Å². The predicted octanol–water partition coefficient (Wildman–Crippen LogP) is 4.97. The number of hydrogen-bond acceptors (Lipinski definition) is 4. The normalized spacial score (nSPS) is 15.2. The van der Waals surface area contributed by atoms with E-state index in [-0.39, 0.29) is 29.8 Å². The number of halogens is 1. The van der Waals surface area contributed by atoms with Gasteiger partial charge in [0.15, 0.2) is 5.75 Å². The van der Waals surface area contributed by atoms with E-state index in [1.807, 2.05) is 37.3 Å². The molecule has 1 aliphatic heterocycles. The number of aryl methyl sites for hydroxylation is 1. The second-order valence-electron chi connectivity index (χ2n) is 8.01. The first kappa shape index (κ1) is 22.9. The van der Waals surface area contributed by atoms with Crippen LogP contribution in [0.3, 0.4) is 0 Å². The maximum Gasteiger partial charge on any atom is 0.245 e. The van der Waals surface area contributed by atoms with Gasteiger partial charge in [-0.15, -0.1) is 0 Å². The van der Waals surface area contributed by atoms with Gasteiger partial charge in [0.2, 0.25) is 15.9 Å². The van der Waals surface area contributed by atoms with Crippen LogP contribution in [0.5, 0.6) is 11.5 Å². The molecule has 3 aromatic carbocycles. The minimum Gasteiger partial charge on any atom is -0.455 e. The van der Waals surface area contributed by atoms with Gasteiger partial charge in [0, 0.05) is 19.0 Å². The second-order valence-corrected chi connectivity index (χ2v) is 9.92. The van der Waals surface area contributed by atoms with Crippen molar-refractivity contribution in [2.24, 2.45) is 5.92 Å². The van der Waals surface area contributed by atoms with Crippen LogP contribution in [0, 0.1) is 18.7 Å². The van der Waals surface area contributed by atoms with E-state index in [0.29, 0.717) is 30.0 Å². The van der Waals surface area contributed by atoms with Crippen LogP contribution >= 0.6 is 0 Å². The van der Waals surface area contributed by atoms with E-state index in [2.05, 4.69) is 5.32 Å². The number of para-hydroxylation sites is 2. The molecular formula is C25H25FN2O4S. The van der Waals surface area contributed by atoms with Crippen molar-refractivity contribution in [2.75, 3.05) is 18.4 Å². The van der Waals surface area contributed by atoms with Crippen molar-refractivity contribution < 1.29 is 22.3 Å². The number of carbonyl (C=O) groups excluding carboxylic acids is 1. The number of nitrogens with one attached hydrogen (secondary N) is 1. The molecular weight excluding hydrogens is 443 g/mol. The first-order valence-electron chi connectivity index (χ1n) is 10.7. The van der Waals surface area contributed by atoms with E-state index < -0.39 is 15.8 Å². The van der Waals surface area contributed by atoms with Gasteiger partial charge in [0.25, 0.3) is 0 Å². The molecule has 0 bridgehead atoms. The lowest BCUT2D eigenvalue weighted by Crippen LogP contribution is -2.41. The molecule has 1 fully saturated rings. The summed E-state index contributed by atoms with van der Waals surface area (Å²) < 4.78 is 46.8. The Bertz CT molecular complexity index is 1240. The number of ether oxygens (including phenoxy) is 1. The van der Waals surface area contributed by atoms with E-state index in [0.717, 1.165) is 11.6 Å². The minimum atomic E-state index is -3.94. The Kier molecular flexibility index (Phi) is 6.76. The molecule has 1 aliphatic rings. The van der Waals surface area contributed by atoms with Crippen LogP contribution in [-0.4, -0.2) is 31.7 Å². The Morgan fingerprint density at radius 2 is 1.61 bits per heavy atom. The summed E-state index contributed by atoms with van der Waals surface area (Å²) in [6.07, 6.45) is 0.695. The monoisotopic (exact) mass is 468 g/mol. The third-order valence-corrected chi connectivity index (χ3v) is 7.60. The molecule has 8 heteroatoms. The molecule has 0 atom stereocenters. The van der Waals surface area contributed by atoms with Crippen molar-refractivity contribution >= 4 is 21.6 Å². The molecule has 0 radical (unpaired) electrons. The summed E-state index contributed by atoms with van der Waals surface area (Å²) in [5.41, 5.74) is 1.66. The van der Waals surface area contributed by atoms with Crippen LogP contribution < -0.4 is 10.1 Å². The van der Waals surface area contributed by atoms with E-state index in [9.17, 15) is 17.6 Å². The maximum atomic E-state index is 14.0. The largest absolute Gasteiger partial charge is 0.455 e.